The zero-order chi connectivity index (χ0) is 18.1. The number of methoxy groups -OCH3 is 1. The number of nitrogens with one attached hydrogen (secondary N) is 1. The molecule has 0 saturated carbocycles. The summed E-state index contributed by atoms with van der Waals surface area (Å²) < 4.78 is 15.9. The molecule has 0 saturated heterocycles. The van der Waals surface area contributed by atoms with Crippen LogP contribution in [0.2, 0.25) is 5.02 Å². The highest BCUT2D eigenvalue weighted by Crippen LogP contribution is 2.16. The first kappa shape index (κ1) is 19.0. The monoisotopic (exact) mass is 364 g/mol. The van der Waals surface area contributed by atoms with Gasteiger partial charge in [-0.3, -0.25) is 4.79 Å². The van der Waals surface area contributed by atoms with Crippen LogP contribution in [0.5, 0.6) is 11.6 Å². The fraction of sp³-hybridized carbons (Fsp3) is 0.333. The van der Waals surface area contributed by atoms with E-state index >= 15 is 0 Å². The van der Waals surface area contributed by atoms with E-state index in [9.17, 15) is 4.79 Å². The molecule has 1 unspecified atom stereocenters. The van der Waals surface area contributed by atoms with Gasteiger partial charge in [-0.2, -0.15) is 0 Å². The van der Waals surface area contributed by atoms with Gasteiger partial charge in [-0.25, -0.2) is 4.98 Å². The molecule has 0 fully saturated rings. The molecule has 0 spiro atoms. The Labute approximate surface area is 152 Å². The normalized spacial score (nSPS) is 11.6. The molecule has 1 N–H and O–H groups in total. The van der Waals surface area contributed by atoms with E-state index in [-0.39, 0.29) is 5.91 Å². The molecule has 0 aliphatic rings. The molecule has 1 amide bonds. The summed E-state index contributed by atoms with van der Waals surface area (Å²) in [5.74, 6) is 0.896. The van der Waals surface area contributed by atoms with Crippen LogP contribution in [0.25, 0.3) is 0 Å². The van der Waals surface area contributed by atoms with Crippen LogP contribution in [0.4, 0.5) is 0 Å². The molecule has 1 heterocycles. The number of aromatic nitrogens is 1. The van der Waals surface area contributed by atoms with Gasteiger partial charge >= 0.3 is 0 Å². The Morgan fingerprint density at radius 3 is 2.60 bits per heavy atom. The molecule has 1 aromatic carbocycles. The van der Waals surface area contributed by atoms with Crippen LogP contribution in [0, 0.1) is 0 Å². The summed E-state index contributed by atoms with van der Waals surface area (Å²) in [5, 5.41) is 3.43. The Morgan fingerprint density at radius 2 is 1.96 bits per heavy atom. The minimum atomic E-state index is -0.620. The zero-order valence-corrected chi connectivity index (χ0v) is 15.0. The van der Waals surface area contributed by atoms with Gasteiger partial charge in [-0.05, 0) is 36.8 Å². The summed E-state index contributed by atoms with van der Waals surface area (Å²) in [6, 6.07) is 10.5. The van der Waals surface area contributed by atoms with Gasteiger partial charge in [0.05, 0.1) is 6.61 Å². The predicted octanol–water partition coefficient (Wildman–Crippen LogP) is 2.84. The highest BCUT2D eigenvalue weighted by Gasteiger charge is 2.14. The molecular formula is C18H21ClN2O4. The Morgan fingerprint density at radius 1 is 1.20 bits per heavy atom. The number of benzene rings is 1. The van der Waals surface area contributed by atoms with Gasteiger partial charge in [-0.15, -0.1) is 0 Å². The van der Waals surface area contributed by atoms with E-state index in [1.807, 2.05) is 6.07 Å². The second-order valence-electron chi connectivity index (χ2n) is 5.28. The molecule has 6 nitrogen and oxygen atoms in total. The average Bonchev–Trinajstić information content (AvgIpc) is 2.63. The summed E-state index contributed by atoms with van der Waals surface area (Å²) in [6.07, 6.45) is 1.04. The second kappa shape index (κ2) is 9.86. The van der Waals surface area contributed by atoms with E-state index < -0.39 is 6.10 Å². The zero-order valence-electron chi connectivity index (χ0n) is 14.2. The lowest BCUT2D eigenvalue weighted by atomic mass is 10.2. The summed E-state index contributed by atoms with van der Waals surface area (Å²) in [7, 11) is 1.61. The molecule has 25 heavy (non-hydrogen) atoms. The van der Waals surface area contributed by atoms with E-state index in [2.05, 4.69) is 10.3 Å². The number of hydrogen-bond acceptors (Lipinski definition) is 5. The van der Waals surface area contributed by atoms with Gasteiger partial charge in [0.25, 0.3) is 5.91 Å². The number of hydrogen-bond donors (Lipinski definition) is 1. The molecule has 0 aliphatic heterocycles. The molecule has 7 heteroatoms. The van der Waals surface area contributed by atoms with E-state index in [0.29, 0.717) is 36.4 Å². The van der Waals surface area contributed by atoms with E-state index in [1.54, 1.807) is 50.6 Å². The van der Waals surface area contributed by atoms with Gasteiger partial charge in [-0.1, -0.05) is 17.7 Å². The minimum Gasteiger partial charge on any atom is -0.481 e. The van der Waals surface area contributed by atoms with Crippen LogP contribution in [0.3, 0.4) is 0 Å². The van der Waals surface area contributed by atoms with Crippen molar-refractivity contribution in [2.45, 2.75) is 19.6 Å². The van der Waals surface area contributed by atoms with Crippen LogP contribution in [0.1, 0.15) is 12.5 Å². The average molecular weight is 365 g/mol. The maximum Gasteiger partial charge on any atom is 0.261 e. The van der Waals surface area contributed by atoms with E-state index in [0.717, 1.165) is 5.56 Å². The molecule has 0 aliphatic carbocycles. The first-order chi connectivity index (χ1) is 12.1. The standard InChI is InChI=1S/C18H21ClN2O4/c1-13(25-16-6-4-15(19)5-7-16)18(22)21-12-14-3-8-17(20-11-14)24-10-9-23-2/h3-8,11,13H,9-10,12H2,1-2H3,(H,21,22). The molecule has 1 aromatic heterocycles. The van der Waals surface area contributed by atoms with Crippen molar-refractivity contribution in [1.29, 1.82) is 0 Å². The van der Waals surface area contributed by atoms with Crippen LogP contribution in [-0.2, 0) is 16.1 Å². The molecule has 0 bridgehead atoms. The number of amides is 1. The lowest BCUT2D eigenvalue weighted by molar-refractivity contribution is -0.127. The third-order valence-electron chi connectivity index (χ3n) is 3.30. The van der Waals surface area contributed by atoms with Crippen molar-refractivity contribution in [3.8, 4) is 11.6 Å². The molecule has 134 valence electrons. The number of halogens is 1. The van der Waals surface area contributed by atoms with Crippen LogP contribution in [0.15, 0.2) is 42.6 Å². The van der Waals surface area contributed by atoms with Gasteiger partial charge < -0.3 is 19.5 Å². The molecule has 2 aromatic rings. The number of pyridine rings is 1. The first-order valence-electron chi connectivity index (χ1n) is 7.85. The fourth-order valence-electron chi connectivity index (χ4n) is 1.93. The largest absolute Gasteiger partial charge is 0.481 e. The Bertz CT molecular complexity index is 662. The van der Waals surface area contributed by atoms with Crippen LogP contribution < -0.4 is 14.8 Å². The van der Waals surface area contributed by atoms with Crippen molar-refractivity contribution < 1.29 is 19.0 Å². The van der Waals surface area contributed by atoms with Crippen LogP contribution >= 0.6 is 11.6 Å². The van der Waals surface area contributed by atoms with Crippen molar-refractivity contribution in [3.05, 3.63) is 53.2 Å². The summed E-state index contributed by atoms with van der Waals surface area (Å²) in [5.41, 5.74) is 0.867. The third-order valence-corrected chi connectivity index (χ3v) is 3.55. The molecule has 0 radical (unpaired) electrons. The maximum absolute atomic E-state index is 12.1. The first-order valence-corrected chi connectivity index (χ1v) is 8.23. The Hall–Kier alpha value is -2.31. The number of carbonyl (C=O) groups excluding carboxylic acids is 1. The Balaban J connectivity index is 1.77. The lowest BCUT2D eigenvalue weighted by Crippen LogP contribution is -2.35. The molecule has 1 atom stereocenters. The third kappa shape index (κ3) is 6.60. The second-order valence-corrected chi connectivity index (χ2v) is 5.71. The van der Waals surface area contributed by atoms with Crippen LogP contribution in [-0.4, -0.2) is 37.3 Å². The lowest BCUT2D eigenvalue weighted by Gasteiger charge is -2.15. The van der Waals surface area contributed by atoms with Gasteiger partial charge in [0.1, 0.15) is 12.4 Å². The number of nitrogens with zero attached hydrogens (tertiary/aromatic N) is 1. The maximum atomic E-state index is 12.1. The predicted molar refractivity (Wildman–Crippen MR) is 95.0 cm³/mol. The number of ether oxygens (including phenoxy) is 3. The van der Waals surface area contributed by atoms with Crippen molar-refractivity contribution in [2.75, 3.05) is 20.3 Å². The van der Waals surface area contributed by atoms with Crippen molar-refractivity contribution in [2.24, 2.45) is 0 Å². The minimum absolute atomic E-state index is 0.213. The number of carbonyl (C=O) groups is 1. The van der Waals surface area contributed by atoms with E-state index in [4.69, 9.17) is 25.8 Å². The highest BCUT2D eigenvalue weighted by molar-refractivity contribution is 6.30. The van der Waals surface area contributed by atoms with Crippen molar-refractivity contribution in [3.63, 3.8) is 0 Å². The fourth-order valence-corrected chi connectivity index (χ4v) is 2.06. The molecule has 2 rings (SSSR count). The summed E-state index contributed by atoms with van der Waals surface area (Å²) in [6.45, 7) is 3.00. The highest BCUT2D eigenvalue weighted by atomic mass is 35.5. The number of rotatable bonds is 9. The van der Waals surface area contributed by atoms with E-state index in [1.165, 1.54) is 0 Å². The summed E-state index contributed by atoms with van der Waals surface area (Å²) in [4.78, 5) is 16.3. The van der Waals surface area contributed by atoms with Gasteiger partial charge in [0, 0.05) is 30.9 Å². The summed E-state index contributed by atoms with van der Waals surface area (Å²) >= 11 is 5.82. The van der Waals surface area contributed by atoms with Crippen molar-refractivity contribution in [1.82, 2.24) is 10.3 Å². The van der Waals surface area contributed by atoms with Gasteiger partial charge in [0.15, 0.2) is 6.10 Å². The topological polar surface area (TPSA) is 69.7 Å². The van der Waals surface area contributed by atoms with Crippen molar-refractivity contribution >= 4 is 17.5 Å². The quantitative estimate of drug-likeness (QED) is 0.693. The smallest absolute Gasteiger partial charge is 0.261 e. The Kier molecular flexibility index (Phi) is 7.50. The molecular weight excluding hydrogens is 344 g/mol. The van der Waals surface area contributed by atoms with Gasteiger partial charge in [0.2, 0.25) is 5.88 Å². The SMILES string of the molecule is COCCOc1ccc(CNC(=O)C(C)Oc2ccc(Cl)cc2)cn1.